The highest BCUT2D eigenvalue weighted by Gasteiger charge is 2.05. The molecule has 0 aromatic heterocycles. The molecule has 0 bridgehead atoms. The SMILES string of the molecule is Cc1cccc(CCNC(=O)NCCNC(=O)c2ccc(Br)cc2)c1. The van der Waals surface area contributed by atoms with Crippen LogP contribution in [0.1, 0.15) is 21.5 Å². The number of halogens is 1. The van der Waals surface area contributed by atoms with Gasteiger partial charge in [0, 0.05) is 29.7 Å². The number of rotatable bonds is 7. The molecule has 0 saturated carbocycles. The van der Waals surface area contributed by atoms with Crippen molar-refractivity contribution in [2.24, 2.45) is 0 Å². The van der Waals surface area contributed by atoms with Gasteiger partial charge in [-0.3, -0.25) is 4.79 Å². The number of carbonyl (C=O) groups excluding carboxylic acids is 2. The largest absolute Gasteiger partial charge is 0.350 e. The minimum Gasteiger partial charge on any atom is -0.350 e. The normalized spacial score (nSPS) is 10.2. The molecule has 6 heteroatoms. The first-order valence-electron chi connectivity index (χ1n) is 8.15. The standard InChI is InChI=1S/C19H22BrN3O2/c1-14-3-2-4-15(13-14)9-10-22-19(25)23-12-11-21-18(24)16-5-7-17(20)8-6-16/h2-8,13H,9-12H2,1H3,(H,21,24)(H2,22,23,25). The van der Waals surface area contributed by atoms with Gasteiger partial charge in [-0.15, -0.1) is 0 Å². The summed E-state index contributed by atoms with van der Waals surface area (Å²) in [6, 6.07) is 15.1. The van der Waals surface area contributed by atoms with Gasteiger partial charge in [0.1, 0.15) is 0 Å². The van der Waals surface area contributed by atoms with Crippen molar-refractivity contribution in [2.45, 2.75) is 13.3 Å². The van der Waals surface area contributed by atoms with Crippen molar-refractivity contribution in [1.29, 1.82) is 0 Å². The van der Waals surface area contributed by atoms with Crippen LogP contribution in [-0.4, -0.2) is 31.6 Å². The van der Waals surface area contributed by atoms with E-state index in [1.54, 1.807) is 12.1 Å². The summed E-state index contributed by atoms with van der Waals surface area (Å²) in [5.74, 6) is -0.158. The Labute approximate surface area is 156 Å². The molecule has 0 aliphatic heterocycles. The van der Waals surface area contributed by atoms with Crippen LogP contribution in [0.15, 0.2) is 53.0 Å². The Hall–Kier alpha value is -2.34. The first kappa shape index (κ1) is 19.0. The van der Waals surface area contributed by atoms with E-state index < -0.39 is 0 Å². The smallest absolute Gasteiger partial charge is 0.314 e. The molecule has 2 aromatic carbocycles. The van der Waals surface area contributed by atoms with Crippen molar-refractivity contribution in [3.63, 3.8) is 0 Å². The Morgan fingerprint density at radius 1 is 0.920 bits per heavy atom. The van der Waals surface area contributed by atoms with Crippen LogP contribution in [-0.2, 0) is 6.42 Å². The fourth-order valence-corrected chi connectivity index (χ4v) is 2.57. The number of benzene rings is 2. The first-order chi connectivity index (χ1) is 12.0. The van der Waals surface area contributed by atoms with Crippen LogP contribution in [0.4, 0.5) is 4.79 Å². The average molecular weight is 404 g/mol. The molecular weight excluding hydrogens is 382 g/mol. The van der Waals surface area contributed by atoms with Gasteiger partial charge in [-0.1, -0.05) is 45.8 Å². The molecule has 0 aliphatic carbocycles. The maximum atomic E-state index is 11.9. The van der Waals surface area contributed by atoms with E-state index >= 15 is 0 Å². The Kier molecular flexibility index (Phi) is 7.47. The molecular formula is C19H22BrN3O2. The minimum atomic E-state index is -0.231. The predicted molar refractivity (Wildman–Crippen MR) is 103 cm³/mol. The van der Waals surface area contributed by atoms with Gasteiger partial charge in [0.05, 0.1) is 0 Å². The lowest BCUT2D eigenvalue weighted by Crippen LogP contribution is -2.40. The van der Waals surface area contributed by atoms with Crippen LogP contribution in [0.2, 0.25) is 0 Å². The fraction of sp³-hybridized carbons (Fsp3) is 0.263. The summed E-state index contributed by atoms with van der Waals surface area (Å²) in [5, 5.41) is 8.30. The van der Waals surface area contributed by atoms with Gasteiger partial charge < -0.3 is 16.0 Å². The number of hydrogen-bond donors (Lipinski definition) is 3. The number of urea groups is 1. The Balaban J connectivity index is 1.59. The summed E-state index contributed by atoms with van der Waals surface area (Å²) >= 11 is 3.33. The Morgan fingerprint density at radius 2 is 1.60 bits per heavy atom. The zero-order valence-electron chi connectivity index (χ0n) is 14.1. The summed E-state index contributed by atoms with van der Waals surface area (Å²) in [6.45, 7) is 3.37. The van der Waals surface area contributed by atoms with Crippen molar-refractivity contribution >= 4 is 27.9 Å². The number of amides is 3. The van der Waals surface area contributed by atoms with Gasteiger partial charge in [-0.2, -0.15) is 0 Å². The molecule has 2 rings (SSSR count). The van der Waals surface area contributed by atoms with Crippen molar-refractivity contribution in [3.05, 3.63) is 69.7 Å². The monoisotopic (exact) mass is 403 g/mol. The number of nitrogens with one attached hydrogen (secondary N) is 3. The zero-order valence-corrected chi connectivity index (χ0v) is 15.7. The second-order valence-electron chi connectivity index (χ2n) is 5.68. The molecule has 0 spiro atoms. The topological polar surface area (TPSA) is 70.2 Å². The molecule has 0 aliphatic rings. The first-order valence-corrected chi connectivity index (χ1v) is 8.95. The van der Waals surface area contributed by atoms with Gasteiger partial charge in [0.2, 0.25) is 0 Å². The van der Waals surface area contributed by atoms with Crippen LogP contribution in [0.5, 0.6) is 0 Å². The molecule has 0 heterocycles. The van der Waals surface area contributed by atoms with Crippen molar-refractivity contribution in [2.75, 3.05) is 19.6 Å². The van der Waals surface area contributed by atoms with Crippen LogP contribution < -0.4 is 16.0 Å². The molecule has 0 fully saturated rings. The van der Waals surface area contributed by atoms with Crippen molar-refractivity contribution in [3.8, 4) is 0 Å². The van der Waals surface area contributed by atoms with Gasteiger partial charge in [0.15, 0.2) is 0 Å². The van der Waals surface area contributed by atoms with E-state index in [2.05, 4.69) is 37.9 Å². The van der Waals surface area contributed by atoms with Crippen LogP contribution >= 0.6 is 15.9 Å². The number of carbonyl (C=O) groups is 2. The van der Waals surface area contributed by atoms with Crippen molar-refractivity contribution < 1.29 is 9.59 Å². The maximum Gasteiger partial charge on any atom is 0.314 e. The maximum absolute atomic E-state index is 11.9. The van der Waals surface area contributed by atoms with Crippen LogP contribution in [0.25, 0.3) is 0 Å². The second-order valence-corrected chi connectivity index (χ2v) is 6.60. The van der Waals surface area contributed by atoms with E-state index in [0.717, 1.165) is 10.9 Å². The average Bonchev–Trinajstić information content (AvgIpc) is 2.59. The molecule has 25 heavy (non-hydrogen) atoms. The lowest BCUT2D eigenvalue weighted by atomic mass is 10.1. The van der Waals surface area contributed by atoms with E-state index in [-0.39, 0.29) is 11.9 Å². The lowest BCUT2D eigenvalue weighted by Gasteiger charge is -2.09. The number of hydrogen-bond acceptors (Lipinski definition) is 2. The highest BCUT2D eigenvalue weighted by atomic mass is 79.9. The predicted octanol–water partition coefficient (Wildman–Crippen LogP) is 3.03. The molecule has 0 atom stereocenters. The summed E-state index contributed by atoms with van der Waals surface area (Å²) in [4.78, 5) is 23.6. The van der Waals surface area contributed by atoms with E-state index in [4.69, 9.17) is 0 Å². The molecule has 3 amide bonds. The van der Waals surface area contributed by atoms with E-state index in [9.17, 15) is 9.59 Å². The Morgan fingerprint density at radius 3 is 2.32 bits per heavy atom. The van der Waals surface area contributed by atoms with Gasteiger partial charge >= 0.3 is 6.03 Å². The minimum absolute atomic E-state index is 0.158. The van der Waals surface area contributed by atoms with E-state index in [1.165, 1.54) is 11.1 Å². The fourth-order valence-electron chi connectivity index (χ4n) is 2.31. The highest BCUT2D eigenvalue weighted by molar-refractivity contribution is 9.10. The quantitative estimate of drug-likeness (QED) is 0.621. The van der Waals surface area contributed by atoms with E-state index in [0.29, 0.717) is 25.2 Å². The summed E-state index contributed by atoms with van der Waals surface area (Å²) in [7, 11) is 0. The molecule has 0 unspecified atom stereocenters. The summed E-state index contributed by atoms with van der Waals surface area (Å²) in [5.41, 5.74) is 3.00. The van der Waals surface area contributed by atoms with Gasteiger partial charge in [0.25, 0.3) is 5.91 Å². The highest BCUT2D eigenvalue weighted by Crippen LogP contribution is 2.10. The van der Waals surface area contributed by atoms with Crippen LogP contribution in [0, 0.1) is 6.92 Å². The summed E-state index contributed by atoms with van der Waals surface area (Å²) < 4.78 is 0.924. The third-order valence-electron chi connectivity index (χ3n) is 3.58. The molecule has 0 saturated heterocycles. The molecule has 0 radical (unpaired) electrons. The second kappa shape index (κ2) is 9.84. The lowest BCUT2D eigenvalue weighted by molar-refractivity contribution is 0.0954. The Bertz CT molecular complexity index is 717. The van der Waals surface area contributed by atoms with Gasteiger partial charge in [-0.05, 0) is 43.2 Å². The zero-order chi connectivity index (χ0) is 18.1. The summed E-state index contributed by atoms with van der Waals surface area (Å²) in [6.07, 6.45) is 0.787. The number of aryl methyl sites for hydroxylation is 1. The van der Waals surface area contributed by atoms with Crippen molar-refractivity contribution in [1.82, 2.24) is 16.0 Å². The molecule has 2 aromatic rings. The van der Waals surface area contributed by atoms with Crippen LogP contribution in [0.3, 0.4) is 0 Å². The molecule has 132 valence electrons. The third-order valence-corrected chi connectivity index (χ3v) is 4.11. The molecule has 3 N–H and O–H groups in total. The molecule has 5 nitrogen and oxygen atoms in total. The third kappa shape index (κ3) is 6.97. The van der Waals surface area contributed by atoms with E-state index in [1.807, 2.05) is 37.3 Å². The van der Waals surface area contributed by atoms with Gasteiger partial charge in [-0.25, -0.2) is 4.79 Å².